The lowest BCUT2D eigenvalue weighted by Gasteiger charge is -2.41. The molecule has 0 amide bonds. The monoisotopic (exact) mass is 517 g/mol. The molecule has 1 saturated heterocycles. The molecular weight excluding hydrogens is 485 g/mol. The number of halogens is 1. The molecule has 1 aliphatic rings. The van der Waals surface area contributed by atoms with E-state index in [1.807, 2.05) is 31.3 Å². The summed E-state index contributed by atoms with van der Waals surface area (Å²) in [5.74, 6) is 0. The Bertz CT molecular complexity index is 1250. The summed E-state index contributed by atoms with van der Waals surface area (Å²) in [5, 5.41) is 5.28. The highest BCUT2D eigenvalue weighted by molar-refractivity contribution is 7.87. The Morgan fingerprint density at radius 1 is 1.23 bits per heavy atom. The average molecular weight is 518 g/mol. The SMILES string of the molecule is Cc1ccc(C(C)(C)N2CCC(CCc3ccc(F)s3)([C@H](NS(N)(=O)=O)c3ccccn3)C2)cn1. The molecule has 3 aromatic heterocycles. The van der Waals surface area contributed by atoms with Crippen molar-refractivity contribution in [2.24, 2.45) is 10.6 Å². The molecule has 188 valence electrons. The normalized spacial score (nSPS) is 20.3. The van der Waals surface area contributed by atoms with Crippen LogP contribution in [0.3, 0.4) is 0 Å². The third-order valence-electron chi connectivity index (χ3n) is 7.17. The van der Waals surface area contributed by atoms with Gasteiger partial charge in [-0.2, -0.15) is 17.5 Å². The second kappa shape index (κ2) is 10.0. The lowest BCUT2D eigenvalue weighted by Crippen LogP contribution is -2.47. The fourth-order valence-corrected chi connectivity index (χ4v) is 6.46. The summed E-state index contributed by atoms with van der Waals surface area (Å²) in [6.45, 7) is 7.65. The summed E-state index contributed by atoms with van der Waals surface area (Å²) in [4.78, 5) is 12.3. The third kappa shape index (κ3) is 5.95. The van der Waals surface area contributed by atoms with Crippen molar-refractivity contribution >= 4 is 21.5 Å². The number of nitrogens with zero attached hydrogens (tertiary/aromatic N) is 3. The molecule has 10 heteroatoms. The smallest absolute Gasteiger partial charge is 0.275 e. The topological polar surface area (TPSA) is 101 Å². The molecule has 3 N–H and O–H groups in total. The first-order chi connectivity index (χ1) is 16.5. The summed E-state index contributed by atoms with van der Waals surface area (Å²) in [7, 11) is -4.01. The van der Waals surface area contributed by atoms with Gasteiger partial charge in [0, 0.05) is 40.5 Å². The molecule has 4 heterocycles. The minimum absolute atomic E-state index is 0.223. The van der Waals surface area contributed by atoms with E-state index in [4.69, 9.17) is 5.14 Å². The van der Waals surface area contributed by atoms with Crippen LogP contribution >= 0.6 is 11.3 Å². The van der Waals surface area contributed by atoms with Gasteiger partial charge >= 0.3 is 0 Å². The molecule has 2 atom stereocenters. The summed E-state index contributed by atoms with van der Waals surface area (Å²) in [6, 6.07) is 12.2. The quantitative estimate of drug-likeness (QED) is 0.445. The Kier molecular flexibility index (Phi) is 7.40. The van der Waals surface area contributed by atoms with Gasteiger partial charge in [0.25, 0.3) is 10.2 Å². The summed E-state index contributed by atoms with van der Waals surface area (Å²) in [5.41, 5.74) is 1.84. The Balaban J connectivity index is 1.72. The molecule has 35 heavy (non-hydrogen) atoms. The van der Waals surface area contributed by atoms with Gasteiger partial charge in [-0.3, -0.25) is 14.9 Å². The van der Waals surface area contributed by atoms with Crippen LogP contribution < -0.4 is 9.86 Å². The lowest BCUT2D eigenvalue weighted by atomic mass is 9.74. The first-order valence-corrected chi connectivity index (χ1v) is 14.0. The number of nitrogens with two attached hydrogens (primary N) is 1. The van der Waals surface area contributed by atoms with Gasteiger partial charge in [-0.15, -0.1) is 11.3 Å². The van der Waals surface area contributed by atoms with Crippen LogP contribution in [0.1, 0.15) is 54.6 Å². The molecule has 0 saturated carbocycles. The first-order valence-electron chi connectivity index (χ1n) is 11.6. The summed E-state index contributed by atoms with van der Waals surface area (Å²) < 4.78 is 41.0. The molecule has 1 aliphatic heterocycles. The van der Waals surface area contributed by atoms with Gasteiger partial charge in [-0.25, -0.2) is 5.14 Å². The van der Waals surface area contributed by atoms with Crippen molar-refractivity contribution in [2.45, 2.75) is 51.6 Å². The number of likely N-dealkylation sites (tertiary alicyclic amines) is 1. The number of hydrogen-bond acceptors (Lipinski definition) is 6. The van der Waals surface area contributed by atoms with Crippen LogP contribution in [0.5, 0.6) is 0 Å². The largest absolute Gasteiger partial charge is 0.293 e. The highest BCUT2D eigenvalue weighted by atomic mass is 32.2. The van der Waals surface area contributed by atoms with E-state index < -0.39 is 21.7 Å². The van der Waals surface area contributed by atoms with Gasteiger partial charge < -0.3 is 0 Å². The highest BCUT2D eigenvalue weighted by Gasteiger charge is 2.49. The number of nitrogens with one attached hydrogen (secondary N) is 1. The fourth-order valence-electron chi connectivity index (χ4n) is 5.04. The zero-order chi connectivity index (χ0) is 25.3. The van der Waals surface area contributed by atoms with Crippen molar-refractivity contribution in [3.05, 3.63) is 81.8 Å². The van der Waals surface area contributed by atoms with E-state index in [0.717, 1.165) is 40.4 Å². The molecule has 3 aromatic rings. The van der Waals surface area contributed by atoms with Crippen LogP contribution in [0.15, 0.2) is 54.9 Å². The standard InChI is InChI=1S/C25H32FN5O2S2/c1-18-7-8-19(16-29-18)24(2,3)31-15-13-25(17-31,12-11-20-9-10-22(26)34-20)23(30-35(27,32)33)21-6-4-5-14-28-21/h4-10,14,16,23,30H,11-13,15,17H2,1-3H3,(H2,27,32,33)/t23-,25?/m1/s1. The maximum Gasteiger partial charge on any atom is 0.275 e. The minimum Gasteiger partial charge on any atom is -0.293 e. The molecule has 1 unspecified atom stereocenters. The van der Waals surface area contributed by atoms with Crippen molar-refractivity contribution in [3.8, 4) is 0 Å². The zero-order valence-electron chi connectivity index (χ0n) is 20.2. The van der Waals surface area contributed by atoms with E-state index in [2.05, 4.69) is 39.5 Å². The van der Waals surface area contributed by atoms with Crippen LogP contribution in [0.4, 0.5) is 4.39 Å². The Morgan fingerprint density at radius 3 is 2.63 bits per heavy atom. The molecule has 0 aliphatic carbocycles. The predicted molar refractivity (Wildman–Crippen MR) is 136 cm³/mol. The van der Waals surface area contributed by atoms with Crippen molar-refractivity contribution in [1.29, 1.82) is 0 Å². The molecular formula is C25H32FN5O2S2. The van der Waals surface area contributed by atoms with E-state index in [1.54, 1.807) is 18.3 Å². The Hall–Kier alpha value is -2.24. The van der Waals surface area contributed by atoms with Crippen molar-refractivity contribution in [3.63, 3.8) is 0 Å². The van der Waals surface area contributed by atoms with Crippen molar-refractivity contribution in [2.75, 3.05) is 13.1 Å². The Morgan fingerprint density at radius 2 is 2.03 bits per heavy atom. The van der Waals surface area contributed by atoms with E-state index >= 15 is 0 Å². The van der Waals surface area contributed by atoms with Crippen LogP contribution in [0.25, 0.3) is 0 Å². The highest BCUT2D eigenvalue weighted by Crippen LogP contribution is 2.48. The molecule has 0 aromatic carbocycles. The third-order valence-corrected chi connectivity index (χ3v) is 8.67. The zero-order valence-corrected chi connectivity index (χ0v) is 21.9. The summed E-state index contributed by atoms with van der Waals surface area (Å²) in [6.07, 6.45) is 5.57. The molecule has 0 spiro atoms. The van der Waals surface area contributed by atoms with Gasteiger partial charge in [0.15, 0.2) is 5.13 Å². The van der Waals surface area contributed by atoms with Crippen LogP contribution in [0.2, 0.25) is 0 Å². The second-order valence-corrected chi connectivity index (χ2v) is 12.3. The number of aromatic nitrogens is 2. The number of rotatable bonds is 9. The molecule has 7 nitrogen and oxygen atoms in total. The van der Waals surface area contributed by atoms with Crippen LogP contribution in [-0.4, -0.2) is 36.4 Å². The van der Waals surface area contributed by atoms with E-state index in [1.165, 1.54) is 6.07 Å². The number of hydrogen-bond donors (Lipinski definition) is 2. The van der Waals surface area contributed by atoms with Gasteiger partial charge in [0.2, 0.25) is 0 Å². The van der Waals surface area contributed by atoms with Gasteiger partial charge in [-0.1, -0.05) is 12.1 Å². The molecule has 4 rings (SSSR count). The predicted octanol–water partition coefficient (Wildman–Crippen LogP) is 4.08. The van der Waals surface area contributed by atoms with Crippen molar-refractivity contribution < 1.29 is 12.8 Å². The lowest BCUT2D eigenvalue weighted by molar-refractivity contribution is 0.112. The maximum atomic E-state index is 13.7. The minimum atomic E-state index is -4.01. The van der Waals surface area contributed by atoms with E-state index in [9.17, 15) is 12.8 Å². The van der Waals surface area contributed by atoms with E-state index in [-0.39, 0.29) is 10.7 Å². The summed E-state index contributed by atoms with van der Waals surface area (Å²) >= 11 is 1.13. The average Bonchev–Trinajstić information content (AvgIpc) is 3.44. The second-order valence-electron chi connectivity index (χ2n) is 9.84. The fraction of sp³-hybridized carbons (Fsp3) is 0.440. The number of thiophene rings is 1. The van der Waals surface area contributed by atoms with Crippen LogP contribution in [-0.2, 0) is 22.2 Å². The van der Waals surface area contributed by atoms with Crippen LogP contribution in [0, 0.1) is 17.5 Å². The van der Waals surface area contributed by atoms with Crippen molar-refractivity contribution in [1.82, 2.24) is 19.6 Å². The van der Waals surface area contributed by atoms with Gasteiger partial charge in [-0.05, 0) is 82.5 Å². The van der Waals surface area contributed by atoms with Gasteiger partial charge in [0.05, 0.1) is 11.7 Å². The molecule has 0 radical (unpaired) electrons. The number of aryl methyl sites for hydroxylation is 2. The van der Waals surface area contributed by atoms with E-state index in [0.29, 0.717) is 25.1 Å². The molecule has 1 fully saturated rings. The number of pyridine rings is 2. The molecule has 0 bridgehead atoms. The van der Waals surface area contributed by atoms with Gasteiger partial charge in [0.1, 0.15) is 0 Å². The maximum absolute atomic E-state index is 13.7. The first kappa shape index (κ1) is 25.8. The Labute approximate surface area is 210 Å².